The van der Waals surface area contributed by atoms with Crippen LogP contribution in [0.3, 0.4) is 0 Å². The number of piperidine rings is 1. The molecule has 156 valence electrons. The summed E-state index contributed by atoms with van der Waals surface area (Å²) in [7, 11) is 0. The molecule has 0 radical (unpaired) electrons. The van der Waals surface area contributed by atoms with Crippen molar-refractivity contribution in [2.24, 2.45) is 5.92 Å². The lowest BCUT2D eigenvalue weighted by Gasteiger charge is -2.31. The first-order valence-corrected chi connectivity index (χ1v) is 10.3. The standard InChI is InChI=1S/C22H25N5O3/c1-16-8-12-25(13-9-16)19-6-5-17(14-20(19)27(29)30)22(28)23-10-7-18-15-26-11-3-2-4-21(26)24-18/h2-6,11,14-16H,7-10,12-13H2,1H3,(H,23,28). The van der Waals surface area contributed by atoms with Crippen LogP contribution in [0.15, 0.2) is 48.8 Å². The number of nitrogens with zero attached hydrogens (tertiary/aromatic N) is 4. The maximum absolute atomic E-state index is 12.5. The average Bonchev–Trinajstić information content (AvgIpc) is 3.16. The number of nitro groups is 1. The molecule has 3 heterocycles. The number of carbonyl (C=O) groups is 1. The molecule has 8 nitrogen and oxygen atoms in total. The zero-order valence-electron chi connectivity index (χ0n) is 17.0. The fourth-order valence-electron chi connectivity index (χ4n) is 3.84. The number of amides is 1. The molecule has 3 aromatic rings. The molecule has 1 aliphatic rings. The van der Waals surface area contributed by atoms with Gasteiger partial charge in [-0.25, -0.2) is 4.98 Å². The largest absolute Gasteiger partial charge is 0.366 e. The van der Waals surface area contributed by atoms with E-state index in [4.69, 9.17) is 0 Å². The number of hydrogen-bond donors (Lipinski definition) is 1. The lowest BCUT2D eigenvalue weighted by molar-refractivity contribution is -0.384. The average molecular weight is 407 g/mol. The van der Waals surface area contributed by atoms with Crippen LogP contribution in [0.5, 0.6) is 0 Å². The summed E-state index contributed by atoms with van der Waals surface area (Å²) in [5, 5.41) is 14.5. The predicted molar refractivity (Wildman–Crippen MR) is 115 cm³/mol. The highest BCUT2D eigenvalue weighted by atomic mass is 16.6. The van der Waals surface area contributed by atoms with Gasteiger partial charge in [0, 0.05) is 50.1 Å². The minimum absolute atomic E-state index is 0.0162. The second-order valence-electron chi connectivity index (χ2n) is 7.83. The van der Waals surface area contributed by atoms with Crippen LogP contribution in [0.4, 0.5) is 11.4 Å². The monoisotopic (exact) mass is 407 g/mol. The Morgan fingerprint density at radius 2 is 2.07 bits per heavy atom. The Labute approximate surface area is 174 Å². The number of hydrogen-bond acceptors (Lipinski definition) is 5. The molecular weight excluding hydrogens is 382 g/mol. The van der Waals surface area contributed by atoms with E-state index in [9.17, 15) is 14.9 Å². The third kappa shape index (κ3) is 4.27. The summed E-state index contributed by atoms with van der Waals surface area (Å²) in [6.07, 6.45) is 6.47. The third-order valence-electron chi connectivity index (χ3n) is 5.64. The normalized spacial score (nSPS) is 14.8. The number of imidazole rings is 1. The Hall–Kier alpha value is -3.42. The van der Waals surface area contributed by atoms with E-state index in [0.717, 1.165) is 37.3 Å². The molecule has 0 atom stereocenters. The van der Waals surface area contributed by atoms with E-state index in [-0.39, 0.29) is 11.6 Å². The van der Waals surface area contributed by atoms with Crippen molar-refractivity contribution in [3.8, 4) is 0 Å². The van der Waals surface area contributed by atoms with Crippen molar-refractivity contribution in [1.82, 2.24) is 14.7 Å². The van der Waals surface area contributed by atoms with Gasteiger partial charge in [-0.1, -0.05) is 13.0 Å². The number of nitrogens with one attached hydrogen (secondary N) is 1. The molecule has 30 heavy (non-hydrogen) atoms. The van der Waals surface area contributed by atoms with E-state index < -0.39 is 4.92 Å². The zero-order valence-corrected chi connectivity index (χ0v) is 17.0. The zero-order chi connectivity index (χ0) is 21.1. The van der Waals surface area contributed by atoms with Crippen LogP contribution >= 0.6 is 0 Å². The number of anilines is 1. The molecule has 0 aliphatic carbocycles. The van der Waals surface area contributed by atoms with Crippen molar-refractivity contribution in [2.45, 2.75) is 26.2 Å². The predicted octanol–water partition coefficient (Wildman–Crippen LogP) is 3.45. The summed E-state index contributed by atoms with van der Waals surface area (Å²) in [5.74, 6) is 0.318. The Morgan fingerprint density at radius 1 is 1.27 bits per heavy atom. The first-order valence-electron chi connectivity index (χ1n) is 10.3. The molecular formula is C22H25N5O3. The highest BCUT2D eigenvalue weighted by molar-refractivity contribution is 5.95. The van der Waals surface area contributed by atoms with Crippen molar-refractivity contribution >= 4 is 22.9 Å². The second-order valence-corrected chi connectivity index (χ2v) is 7.83. The van der Waals surface area contributed by atoms with Crippen molar-refractivity contribution in [2.75, 3.05) is 24.5 Å². The third-order valence-corrected chi connectivity index (χ3v) is 5.64. The van der Waals surface area contributed by atoms with Gasteiger partial charge in [0.15, 0.2) is 0 Å². The van der Waals surface area contributed by atoms with Crippen LogP contribution in [-0.4, -0.2) is 39.8 Å². The van der Waals surface area contributed by atoms with Gasteiger partial charge in [-0.15, -0.1) is 0 Å². The highest BCUT2D eigenvalue weighted by Gasteiger charge is 2.24. The molecule has 1 fully saturated rings. The molecule has 1 saturated heterocycles. The number of aromatic nitrogens is 2. The summed E-state index contributed by atoms with van der Waals surface area (Å²) >= 11 is 0. The molecule has 1 N–H and O–H groups in total. The minimum Gasteiger partial charge on any atom is -0.366 e. The Balaban J connectivity index is 1.41. The van der Waals surface area contributed by atoms with Crippen molar-refractivity contribution in [3.05, 3.63) is 70.2 Å². The van der Waals surface area contributed by atoms with E-state index in [1.165, 1.54) is 6.07 Å². The summed E-state index contributed by atoms with van der Waals surface area (Å²) in [5.41, 5.74) is 2.61. The van der Waals surface area contributed by atoms with Crippen molar-refractivity contribution in [1.29, 1.82) is 0 Å². The van der Waals surface area contributed by atoms with Crippen LogP contribution in [0.1, 0.15) is 35.8 Å². The molecule has 2 aromatic heterocycles. The molecule has 8 heteroatoms. The molecule has 4 rings (SSSR count). The van der Waals surface area contributed by atoms with E-state index in [1.54, 1.807) is 12.1 Å². The molecule has 1 amide bonds. The fourth-order valence-corrected chi connectivity index (χ4v) is 3.84. The number of carbonyl (C=O) groups excluding carboxylic acids is 1. The first kappa shape index (κ1) is 19.9. The van der Waals surface area contributed by atoms with Gasteiger partial charge >= 0.3 is 0 Å². The maximum Gasteiger partial charge on any atom is 0.293 e. The van der Waals surface area contributed by atoms with Gasteiger partial charge in [0.1, 0.15) is 11.3 Å². The smallest absolute Gasteiger partial charge is 0.293 e. The topological polar surface area (TPSA) is 92.8 Å². The molecule has 1 aromatic carbocycles. The van der Waals surface area contributed by atoms with E-state index in [1.807, 2.05) is 39.9 Å². The van der Waals surface area contributed by atoms with Crippen molar-refractivity contribution < 1.29 is 9.72 Å². The second kappa shape index (κ2) is 8.52. The number of fused-ring (bicyclic) bond motifs is 1. The summed E-state index contributed by atoms with van der Waals surface area (Å²) in [6.45, 7) is 4.20. The van der Waals surface area contributed by atoms with Gasteiger partial charge in [0.25, 0.3) is 11.6 Å². The van der Waals surface area contributed by atoms with Crippen LogP contribution in [0.25, 0.3) is 5.65 Å². The lowest BCUT2D eigenvalue weighted by atomic mass is 9.98. The number of rotatable bonds is 6. The van der Waals surface area contributed by atoms with Gasteiger partial charge in [-0.2, -0.15) is 0 Å². The Kier molecular flexibility index (Phi) is 5.65. The SMILES string of the molecule is CC1CCN(c2ccc(C(=O)NCCc3cn4ccccc4n3)cc2[N+](=O)[O-])CC1. The summed E-state index contributed by atoms with van der Waals surface area (Å²) in [4.78, 5) is 30.3. The van der Waals surface area contributed by atoms with E-state index in [0.29, 0.717) is 30.1 Å². The number of pyridine rings is 1. The highest BCUT2D eigenvalue weighted by Crippen LogP contribution is 2.32. The van der Waals surface area contributed by atoms with Gasteiger partial charge in [-0.05, 0) is 43.0 Å². The van der Waals surface area contributed by atoms with Crippen molar-refractivity contribution in [3.63, 3.8) is 0 Å². The van der Waals surface area contributed by atoms with Crippen LogP contribution < -0.4 is 10.2 Å². The molecule has 1 aliphatic heterocycles. The summed E-state index contributed by atoms with van der Waals surface area (Å²) < 4.78 is 1.93. The maximum atomic E-state index is 12.5. The Morgan fingerprint density at radius 3 is 2.80 bits per heavy atom. The quantitative estimate of drug-likeness (QED) is 0.499. The summed E-state index contributed by atoms with van der Waals surface area (Å²) in [6, 6.07) is 10.5. The Bertz CT molecular complexity index is 1040. The van der Waals surface area contributed by atoms with Crippen LogP contribution in [0.2, 0.25) is 0 Å². The number of nitro benzene ring substituents is 1. The van der Waals surface area contributed by atoms with E-state index in [2.05, 4.69) is 17.2 Å². The minimum atomic E-state index is -0.402. The van der Waals surface area contributed by atoms with Gasteiger partial charge in [-0.3, -0.25) is 14.9 Å². The molecule has 0 unspecified atom stereocenters. The van der Waals surface area contributed by atoms with Gasteiger partial charge < -0.3 is 14.6 Å². The van der Waals surface area contributed by atoms with E-state index >= 15 is 0 Å². The van der Waals surface area contributed by atoms with Crippen LogP contribution in [0, 0.1) is 16.0 Å². The van der Waals surface area contributed by atoms with Gasteiger partial charge in [0.05, 0.1) is 10.6 Å². The lowest BCUT2D eigenvalue weighted by Crippen LogP contribution is -2.33. The number of benzene rings is 1. The first-order chi connectivity index (χ1) is 14.5. The fraction of sp³-hybridized carbons (Fsp3) is 0.364. The molecule has 0 bridgehead atoms. The molecule has 0 saturated carbocycles. The van der Waals surface area contributed by atoms with Gasteiger partial charge in [0.2, 0.25) is 0 Å². The molecule has 0 spiro atoms. The van der Waals surface area contributed by atoms with Crippen LogP contribution in [-0.2, 0) is 6.42 Å².